The molecule has 2 amide bonds. The lowest BCUT2D eigenvalue weighted by Crippen LogP contribution is -2.47. The molecule has 182 valence electrons. The molecule has 3 rings (SSSR count). The molecule has 1 aromatic carbocycles. The highest BCUT2D eigenvalue weighted by molar-refractivity contribution is 5.95. The quantitative estimate of drug-likeness (QED) is 0.506. The molecule has 10 nitrogen and oxygen atoms in total. The van der Waals surface area contributed by atoms with Crippen molar-refractivity contribution >= 4 is 18.0 Å². The topological polar surface area (TPSA) is 125 Å². The van der Waals surface area contributed by atoms with E-state index in [1.807, 2.05) is 0 Å². The molecule has 0 spiro atoms. The number of hydrogen-bond acceptors (Lipinski definition) is 8. The van der Waals surface area contributed by atoms with Gasteiger partial charge in [-0.25, -0.2) is 9.59 Å². The summed E-state index contributed by atoms with van der Waals surface area (Å²) < 4.78 is 26.7. The lowest BCUT2D eigenvalue weighted by Gasteiger charge is -2.27. The summed E-state index contributed by atoms with van der Waals surface area (Å²) in [6, 6.07) is 7.26. The first-order valence-corrected chi connectivity index (χ1v) is 10.8. The summed E-state index contributed by atoms with van der Waals surface area (Å²) in [4.78, 5) is 37.4. The van der Waals surface area contributed by atoms with E-state index in [4.69, 9.17) is 23.4 Å². The zero-order chi connectivity index (χ0) is 24.7. The van der Waals surface area contributed by atoms with Gasteiger partial charge in [0.15, 0.2) is 0 Å². The van der Waals surface area contributed by atoms with Crippen LogP contribution in [0.15, 0.2) is 46.0 Å². The van der Waals surface area contributed by atoms with Crippen LogP contribution in [0.5, 0.6) is 11.5 Å². The third kappa shape index (κ3) is 5.89. The van der Waals surface area contributed by atoms with E-state index in [9.17, 15) is 14.4 Å². The van der Waals surface area contributed by atoms with E-state index >= 15 is 0 Å². The van der Waals surface area contributed by atoms with E-state index in [2.05, 4.69) is 10.6 Å². The maximum absolute atomic E-state index is 12.7. The molecule has 0 radical (unpaired) electrons. The van der Waals surface area contributed by atoms with Crippen molar-refractivity contribution in [3.8, 4) is 11.5 Å². The van der Waals surface area contributed by atoms with E-state index in [1.165, 1.54) is 0 Å². The van der Waals surface area contributed by atoms with Crippen molar-refractivity contribution in [2.75, 3.05) is 27.4 Å². The van der Waals surface area contributed by atoms with Crippen molar-refractivity contribution in [1.29, 1.82) is 0 Å². The standard InChI is InChI=1S/C24H28N2O8/c1-5-32-23(28)21-17(25-24(29)26-22(21)19-9-6-14(2)34-19)13-33-20(27)11-7-15-12-16(30-3)8-10-18(15)31-4/h6,8-10,12,22H,5,7,11,13H2,1-4H3,(H2,25,26,29)/t22-/m1/s1. The molecule has 1 aliphatic heterocycles. The summed E-state index contributed by atoms with van der Waals surface area (Å²) in [6.45, 7) is 3.24. The number of carbonyl (C=O) groups excluding carboxylic acids is 3. The van der Waals surface area contributed by atoms with Gasteiger partial charge in [-0.05, 0) is 56.2 Å². The van der Waals surface area contributed by atoms with Crippen molar-refractivity contribution in [2.45, 2.75) is 32.7 Å². The van der Waals surface area contributed by atoms with Crippen LogP contribution in [0, 0.1) is 6.92 Å². The Morgan fingerprint density at radius 1 is 1.09 bits per heavy atom. The van der Waals surface area contributed by atoms with Crippen molar-refractivity contribution in [3.63, 3.8) is 0 Å². The largest absolute Gasteiger partial charge is 0.497 e. The Balaban J connectivity index is 1.75. The number of rotatable bonds is 10. The fraction of sp³-hybridized carbons (Fsp3) is 0.375. The SMILES string of the molecule is CCOC(=O)C1=C(COC(=O)CCc2cc(OC)ccc2OC)NC(=O)N[C@@H]1c1ccc(C)o1. The Kier molecular flexibility index (Phi) is 8.18. The summed E-state index contributed by atoms with van der Waals surface area (Å²) in [5, 5.41) is 5.20. The first-order chi connectivity index (χ1) is 16.4. The molecule has 2 heterocycles. The number of furan rings is 1. The molecule has 0 saturated heterocycles. The molecule has 34 heavy (non-hydrogen) atoms. The van der Waals surface area contributed by atoms with Crippen LogP contribution < -0.4 is 20.1 Å². The van der Waals surface area contributed by atoms with Crippen LogP contribution >= 0.6 is 0 Å². The Labute approximate surface area is 197 Å². The van der Waals surface area contributed by atoms with Crippen molar-refractivity contribution in [2.24, 2.45) is 0 Å². The Morgan fingerprint density at radius 2 is 1.88 bits per heavy atom. The van der Waals surface area contributed by atoms with E-state index in [-0.39, 0.29) is 30.9 Å². The number of amides is 2. The Bertz CT molecular complexity index is 1090. The number of esters is 2. The van der Waals surface area contributed by atoms with Gasteiger partial charge in [-0.15, -0.1) is 0 Å². The average molecular weight is 472 g/mol. The number of aryl methyl sites for hydroxylation is 2. The first-order valence-electron chi connectivity index (χ1n) is 10.8. The zero-order valence-corrected chi connectivity index (χ0v) is 19.6. The fourth-order valence-electron chi connectivity index (χ4n) is 3.54. The van der Waals surface area contributed by atoms with Gasteiger partial charge < -0.3 is 34.0 Å². The van der Waals surface area contributed by atoms with E-state index in [0.29, 0.717) is 29.4 Å². The molecule has 2 N–H and O–H groups in total. The third-order valence-corrected chi connectivity index (χ3v) is 5.16. The van der Waals surface area contributed by atoms with Crippen LogP contribution in [0.25, 0.3) is 0 Å². The summed E-state index contributed by atoms with van der Waals surface area (Å²) in [7, 11) is 3.10. The number of hydrogen-bond donors (Lipinski definition) is 2. The smallest absolute Gasteiger partial charge is 0.338 e. The molecule has 1 aromatic heterocycles. The second-order valence-electron chi connectivity index (χ2n) is 7.43. The van der Waals surface area contributed by atoms with Crippen LogP contribution in [0.1, 0.15) is 36.5 Å². The van der Waals surface area contributed by atoms with Gasteiger partial charge in [-0.2, -0.15) is 0 Å². The zero-order valence-electron chi connectivity index (χ0n) is 19.6. The summed E-state index contributed by atoms with van der Waals surface area (Å²) in [5.74, 6) is 1.09. The Morgan fingerprint density at radius 3 is 2.53 bits per heavy atom. The lowest BCUT2D eigenvalue weighted by atomic mass is 10.0. The predicted molar refractivity (Wildman–Crippen MR) is 120 cm³/mol. The molecule has 2 aromatic rings. The van der Waals surface area contributed by atoms with Gasteiger partial charge in [0.1, 0.15) is 35.7 Å². The van der Waals surface area contributed by atoms with Crippen molar-refractivity contribution in [3.05, 3.63) is 58.7 Å². The van der Waals surface area contributed by atoms with Crippen LogP contribution in [0.4, 0.5) is 4.79 Å². The number of nitrogens with one attached hydrogen (secondary N) is 2. The molecule has 0 aliphatic carbocycles. The van der Waals surface area contributed by atoms with Gasteiger partial charge in [0.2, 0.25) is 0 Å². The molecule has 0 fully saturated rings. The van der Waals surface area contributed by atoms with Crippen molar-refractivity contribution < 1.29 is 37.7 Å². The minimum Gasteiger partial charge on any atom is -0.497 e. The maximum Gasteiger partial charge on any atom is 0.338 e. The number of ether oxygens (including phenoxy) is 4. The van der Waals surface area contributed by atoms with E-state index in [1.54, 1.807) is 58.4 Å². The van der Waals surface area contributed by atoms with Crippen LogP contribution in [0.3, 0.4) is 0 Å². The van der Waals surface area contributed by atoms with Crippen molar-refractivity contribution in [1.82, 2.24) is 10.6 Å². The van der Waals surface area contributed by atoms with Gasteiger partial charge in [-0.3, -0.25) is 4.79 Å². The number of urea groups is 1. The molecule has 1 atom stereocenters. The molecule has 0 saturated carbocycles. The first kappa shape index (κ1) is 24.7. The molecule has 0 bridgehead atoms. The van der Waals surface area contributed by atoms with Gasteiger partial charge in [0.25, 0.3) is 0 Å². The van der Waals surface area contributed by atoms with E-state index in [0.717, 1.165) is 5.56 Å². The second-order valence-corrected chi connectivity index (χ2v) is 7.43. The summed E-state index contributed by atoms with van der Waals surface area (Å²) in [6.07, 6.45) is 0.406. The molecular weight excluding hydrogens is 444 g/mol. The number of benzene rings is 1. The Hall–Kier alpha value is -3.95. The predicted octanol–water partition coefficient (Wildman–Crippen LogP) is 2.95. The molecule has 1 aliphatic rings. The number of carbonyl (C=O) groups is 3. The molecule has 0 unspecified atom stereocenters. The third-order valence-electron chi connectivity index (χ3n) is 5.16. The molecule has 10 heteroatoms. The average Bonchev–Trinajstić information content (AvgIpc) is 3.26. The highest BCUT2D eigenvalue weighted by Gasteiger charge is 2.36. The summed E-state index contributed by atoms with van der Waals surface area (Å²) >= 11 is 0. The van der Waals surface area contributed by atoms with Crippen LogP contribution in [-0.4, -0.2) is 45.4 Å². The minimum atomic E-state index is -0.878. The summed E-state index contributed by atoms with van der Waals surface area (Å²) in [5.41, 5.74) is 1.03. The molecular formula is C24H28N2O8. The minimum absolute atomic E-state index is 0.0541. The fourth-order valence-corrected chi connectivity index (χ4v) is 3.54. The maximum atomic E-state index is 12.7. The highest BCUT2D eigenvalue weighted by Crippen LogP contribution is 2.29. The van der Waals surface area contributed by atoms with Crippen LogP contribution in [0.2, 0.25) is 0 Å². The van der Waals surface area contributed by atoms with Gasteiger partial charge in [0.05, 0.1) is 32.1 Å². The highest BCUT2D eigenvalue weighted by atomic mass is 16.5. The number of methoxy groups -OCH3 is 2. The lowest BCUT2D eigenvalue weighted by molar-refractivity contribution is -0.143. The van der Waals surface area contributed by atoms with Gasteiger partial charge in [-0.1, -0.05) is 0 Å². The monoisotopic (exact) mass is 472 g/mol. The van der Waals surface area contributed by atoms with Gasteiger partial charge in [0, 0.05) is 6.42 Å². The van der Waals surface area contributed by atoms with E-state index < -0.39 is 24.0 Å². The van der Waals surface area contributed by atoms with Gasteiger partial charge >= 0.3 is 18.0 Å². The van der Waals surface area contributed by atoms with Crippen LogP contribution in [-0.2, 0) is 25.5 Å². The normalized spacial score (nSPS) is 15.3. The second kappa shape index (κ2) is 11.3.